The Morgan fingerprint density at radius 2 is 2.24 bits per heavy atom. The van der Waals surface area contributed by atoms with Crippen molar-refractivity contribution in [2.45, 2.75) is 26.4 Å². The van der Waals surface area contributed by atoms with E-state index in [-0.39, 0.29) is 6.17 Å². The van der Waals surface area contributed by atoms with E-state index in [1.807, 2.05) is 14.0 Å². The molecule has 2 rings (SSSR count). The molecule has 1 heterocycles. The lowest BCUT2D eigenvalue weighted by Crippen LogP contribution is -2.49. The Kier molecular flexibility index (Phi) is 3.17. The van der Waals surface area contributed by atoms with Crippen molar-refractivity contribution < 1.29 is 0 Å². The standard InChI is InChI=1S/C12H19N5/c1-8-5-4-6-10(8)7-17(3)12-15-9(2)14-11(13)16-12/h5-6,9H,4,7H2,1-3H3,(H3,13,14,15,16). The molecule has 3 N–H and O–H groups in total. The highest BCUT2D eigenvalue weighted by molar-refractivity contribution is 5.99. The van der Waals surface area contributed by atoms with Gasteiger partial charge in [0.2, 0.25) is 5.96 Å². The van der Waals surface area contributed by atoms with Crippen molar-refractivity contribution in [2.24, 2.45) is 15.7 Å². The smallest absolute Gasteiger partial charge is 0.202 e. The summed E-state index contributed by atoms with van der Waals surface area (Å²) in [7, 11) is 2.00. The average Bonchev–Trinajstić information content (AvgIpc) is 2.63. The van der Waals surface area contributed by atoms with Crippen LogP contribution in [0.1, 0.15) is 20.3 Å². The fourth-order valence-electron chi connectivity index (χ4n) is 1.97. The zero-order valence-electron chi connectivity index (χ0n) is 10.6. The highest BCUT2D eigenvalue weighted by Crippen LogP contribution is 2.19. The fraction of sp³-hybridized carbons (Fsp3) is 0.500. The summed E-state index contributed by atoms with van der Waals surface area (Å²) < 4.78 is 0. The first-order valence-electron chi connectivity index (χ1n) is 5.81. The van der Waals surface area contributed by atoms with Crippen molar-refractivity contribution >= 4 is 11.9 Å². The minimum absolute atomic E-state index is 0.108. The zero-order valence-corrected chi connectivity index (χ0v) is 10.6. The van der Waals surface area contributed by atoms with Crippen molar-refractivity contribution in [1.29, 1.82) is 0 Å². The molecule has 0 radical (unpaired) electrons. The van der Waals surface area contributed by atoms with Crippen molar-refractivity contribution in [1.82, 2.24) is 10.2 Å². The van der Waals surface area contributed by atoms with Crippen LogP contribution in [0.5, 0.6) is 0 Å². The van der Waals surface area contributed by atoms with Crippen LogP contribution >= 0.6 is 0 Å². The van der Waals surface area contributed by atoms with Crippen LogP contribution in [-0.4, -0.2) is 36.6 Å². The molecule has 0 saturated heterocycles. The van der Waals surface area contributed by atoms with Gasteiger partial charge >= 0.3 is 0 Å². The highest BCUT2D eigenvalue weighted by Gasteiger charge is 2.16. The van der Waals surface area contributed by atoms with E-state index in [9.17, 15) is 0 Å². The number of nitrogens with one attached hydrogen (secondary N) is 1. The van der Waals surface area contributed by atoms with E-state index in [1.54, 1.807) is 0 Å². The molecule has 1 atom stereocenters. The normalized spacial score (nSPS) is 23.4. The van der Waals surface area contributed by atoms with E-state index in [1.165, 1.54) is 11.1 Å². The summed E-state index contributed by atoms with van der Waals surface area (Å²) >= 11 is 0. The second kappa shape index (κ2) is 4.61. The fourth-order valence-corrected chi connectivity index (χ4v) is 1.97. The first-order valence-corrected chi connectivity index (χ1v) is 5.81. The van der Waals surface area contributed by atoms with Crippen molar-refractivity contribution in [3.63, 3.8) is 0 Å². The van der Waals surface area contributed by atoms with Crippen LogP contribution in [0, 0.1) is 0 Å². The molecule has 92 valence electrons. The SMILES string of the molecule is CC1=CCC=C1CN(C)C1=NC(C)N=C(N)N1. The van der Waals surface area contributed by atoms with Gasteiger partial charge in [-0.3, -0.25) is 5.32 Å². The van der Waals surface area contributed by atoms with Gasteiger partial charge in [-0.15, -0.1) is 0 Å². The Bertz CT molecular complexity index is 430. The minimum Gasteiger partial charge on any atom is -0.370 e. The molecule has 5 heteroatoms. The largest absolute Gasteiger partial charge is 0.370 e. The lowest BCUT2D eigenvalue weighted by Gasteiger charge is -2.26. The van der Waals surface area contributed by atoms with Gasteiger partial charge in [-0.25, -0.2) is 9.98 Å². The Labute approximate surface area is 102 Å². The van der Waals surface area contributed by atoms with Crippen LogP contribution in [0.2, 0.25) is 0 Å². The monoisotopic (exact) mass is 233 g/mol. The summed E-state index contributed by atoms with van der Waals surface area (Å²) in [6.45, 7) is 4.90. The molecule has 0 spiro atoms. The van der Waals surface area contributed by atoms with Gasteiger partial charge in [0.15, 0.2) is 5.96 Å². The number of aliphatic imine (C=N–C) groups is 2. The van der Waals surface area contributed by atoms with Crippen molar-refractivity contribution in [3.05, 3.63) is 23.3 Å². The predicted octanol–water partition coefficient (Wildman–Crippen LogP) is 0.815. The molecule has 0 aromatic rings. The number of hydrogen-bond acceptors (Lipinski definition) is 5. The predicted molar refractivity (Wildman–Crippen MR) is 70.7 cm³/mol. The first-order chi connectivity index (χ1) is 8.06. The van der Waals surface area contributed by atoms with Gasteiger partial charge < -0.3 is 10.6 Å². The third-order valence-electron chi connectivity index (χ3n) is 2.94. The molecule has 1 aliphatic heterocycles. The number of likely N-dealkylation sites (N-methyl/N-ethyl adjacent to an activating group) is 1. The molecular weight excluding hydrogens is 214 g/mol. The van der Waals surface area contributed by atoms with Crippen LogP contribution in [0.15, 0.2) is 33.3 Å². The topological polar surface area (TPSA) is 66.0 Å². The molecule has 0 saturated carbocycles. The van der Waals surface area contributed by atoms with Crippen LogP contribution in [0.4, 0.5) is 0 Å². The number of nitrogens with two attached hydrogens (primary N) is 1. The maximum Gasteiger partial charge on any atom is 0.202 e. The molecule has 0 amide bonds. The minimum atomic E-state index is -0.108. The zero-order chi connectivity index (χ0) is 12.4. The van der Waals surface area contributed by atoms with Gasteiger partial charge in [0.25, 0.3) is 0 Å². The van der Waals surface area contributed by atoms with Gasteiger partial charge in [-0.05, 0) is 25.8 Å². The molecule has 5 nitrogen and oxygen atoms in total. The summed E-state index contributed by atoms with van der Waals surface area (Å²) in [4.78, 5) is 10.6. The average molecular weight is 233 g/mol. The third-order valence-corrected chi connectivity index (χ3v) is 2.94. The van der Waals surface area contributed by atoms with E-state index < -0.39 is 0 Å². The summed E-state index contributed by atoms with van der Waals surface area (Å²) in [5, 5.41) is 2.99. The summed E-state index contributed by atoms with van der Waals surface area (Å²) in [5.74, 6) is 1.22. The van der Waals surface area contributed by atoms with Crippen LogP contribution < -0.4 is 11.1 Å². The van der Waals surface area contributed by atoms with Crippen LogP contribution in [0.25, 0.3) is 0 Å². The molecule has 1 aliphatic carbocycles. The summed E-state index contributed by atoms with van der Waals surface area (Å²) in [6, 6.07) is 0. The van der Waals surface area contributed by atoms with Gasteiger partial charge in [0.1, 0.15) is 6.17 Å². The molecule has 1 unspecified atom stereocenters. The molecule has 2 aliphatic rings. The Morgan fingerprint density at radius 1 is 1.47 bits per heavy atom. The van der Waals surface area contributed by atoms with Gasteiger partial charge in [0, 0.05) is 13.6 Å². The number of allylic oxidation sites excluding steroid dienone is 2. The highest BCUT2D eigenvalue weighted by atomic mass is 15.4. The van der Waals surface area contributed by atoms with Gasteiger partial charge in [0.05, 0.1) is 0 Å². The Hall–Kier alpha value is -1.78. The van der Waals surface area contributed by atoms with Crippen molar-refractivity contribution in [3.8, 4) is 0 Å². The van der Waals surface area contributed by atoms with E-state index >= 15 is 0 Å². The van der Waals surface area contributed by atoms with E-state index in [0.717, 1.165) is 18.9 Å². The molecule has 0 aromatic heterocycles. The van der Waals surface area contributed by atoms with Crippen LogP contribution in [0.3, 0.4) is 0 Å². The number of nitrogens with zero attached hydrogens (tertiary/aromatic N) is 3. The molecule has 0 aromatic carbocycles. The van der Waals surface area contributed by atoms with Crippen LogP contribution in [-0.2, 0) is 0 Å². The Balaban J connectivity index is 2.02. The lowest BCUT2D eigenvalue weighted by molar-refractivity contribution is 0.524. The Morgan fingerprint density at radius 3 is 2.82 bits per heavy atom. The van der Waals surface area contributed by atoms with E-state index in [4.69, 9.17) is 5.73 Å². The maximum absolute atomic E-state index is 5.69. The molecule has 0 fully saturated rings. The van der Waals surface area contributed by atoms with E-state index in [2.05, 4.69) is 39.3 Å². The summed E-state index contributed by atoms with van der Waals surface area (Å²) in [5.41, 5.74) is 8.40. The second-order valence-electron chi connectivity index (χ2n) is 4.43. The van der Waals surface area contributed by atoms with Gasteiger partial charge in [-0.1, -0.05) is 17.7 Å². The number of guanidine groups is 2. The molecular formula is C12H19N5. The summed E-state index contributed by atoms with van der Waals surface area (Å²) in [6.07, 6.45) is 5.41. The maximum atomic E-state index is 5.69. The van der Waals surface area contributed by atoms with Crippen molar-refractivity contribution in [2.75, 3.05) is 13.6 Å². The molecule has 17 heavy (non-hydrogen) atoms. The quantitative estimate of drug-likeness (QED) is 0.742. The van der Waals surface area contributed by atoms with Gasteiger partial charge in [-0.2, -0.15) is 0 Å². The third kappa shape index (κ3) is 2.67. The number of rotatable bonds is 2. The van der Waals surface area contributed by atoms with E-state index in [0.29, 0.717) is 5.96 Å². The second-order valence-corrected chi connectivity index (χ2v) is 4.43. The number of hydrogen-bond donors (Lipinski definition) is 2. The lowest BCUT2D eigenvalue weighted by atomic mass is 10.1. The molecule has 0 bridgehead atoms. The first kappa shape index (κ1) is 11.7.